The van der Waals surface area contributed by atoms with Gasteiger partial charge in [0, 0.05) is 5.92 Å². The zero-order chi connectivity index (χ0) is 10.4. The number of amides is 2. The van der Waals surface area contributed by atoms with Gasteiger partial charge in [0.2, 0.25) is 5.91 Å². The van der Waals surface area contributed by atoms with Crippen molar-refractivity contribution in [3.05, 3.63) is 12.2 Å². The molecule has 0 aromatic carbocycles. The number of hydrogen-bond donors (Lipinski definition) is 0. The lowest BCUT2D eigenvalue weighted by atomic mass is 9.92. The van der Waals surface area contributed by atoms with Gasteiger partial charge >= 0.3 is 6.09 Å². The first kappa shape index (κ1) is 8.95. The Balaban J connectivity index is 1.75. The van der Waals surface area contributed by atoms with Crippen molar-refractivity contribution in [2.75, 3.05) is 13.2 Å². The summed E-state index contributed by atoms with van der Waals surface area (Å²) in [6, 6.07) is 0. The largest absolute Gasteiger partial charge is 0.447 e. The van der Waals surface area contributed by atoms with Gasteiger partial charge in [-0.1, -0.05) is 12.2 Å². The monoisotopic (exact) mass is 207 g/mol. The first-order valence-electron chi connectivity index (χ1n) is 5.42. The summed E-state index contributed by atoms with van der Waals surface area (Å²) in [5, 5.41) is 0. The Morgan fingerprint density at radius 3 is 2.80 bits per heavy atom. The first-order valence-corrected chi connectivity index (χ1v) is 5.42. The van der Waals surface area contributed by atoms with E-state index in [1.807, 2.05) is 0 Å². The normalized spacial score (nSPS) is 37.5. The van der Waals surface area contributed by atoms with Crippen LogP contribution in [0.25, 0.3) is 0 Å². The van der Waals surface area contributed by atoms with Crippen LogP contribution in [0.15, 0.2) is 12.2 Å². The number of carbonyl (C=O) groups is 2. The van der Waals surface area contributed by atoms with E-state index in [2.05, 4.69) is 12.2 Å². The van der Waals surface area contributed by atoms with Gasteiger partial charge in [-0.05, 0) is 24.7 Å². The van der Waals surface area contributed by atoms with E-state index in [0.29, 0.717) is 25.0 Å². The van der Waals surface area contributed by atoms with Crippen LogP contribution in [-0.4, -0.2) is 30.1 Å². The van der Waals surface area contributed by atoms with Crippen LogP contribution in [0.5, 0.6) is 0 Å². The fourth-order valence-corrected chi connectivity index (χ4v) is 2.86. The molecule has 0 aromatic heterocycles. The molecule has 4 nitrogen and oxygen atoms in total. The molecule has 4 heteroatoms. The summed E-state index contributed by atoms with van der Waals surface area (Å²) < 4.78 is 4.77. The van der Waals surface area contributed by atoms with E-state index >= 15 is 0 Å². The highest BCUT2D eigenvalue weighted by Crippen LogP contribution is 2.44. The zero-order valence-corrected chi connectivity index (χ0v) is 8.39. The minimum absolute atomic E-state index is 0.0191. The van der Waals surface area contributed by atoms with E-state index in [-0.39, 0.29) is 11.8 Å². The van der Waals surface area contributed by atoms with Crippen LogP contribution in [0.2, 0.25) is 0 Å². The van der Waals surface area contributed by atoms with E-state index < -0.39 is 6.09 Å². The molecule has 1 saturated carbocycles. The number of allylic oxidation sites excluding steroid dienone is 2. The van der Waals surface area contributed by atoms with Gasteiger partial charge < -0.3 is 4.74 Å². The molecule has 1 aliphatic heterocycles. The minimum Gasteiger partial charge on any atom is -0.447 e. The third-order valence-electron chi connectivity index (χ3n) is 3.62. The van der Waals surface area contributed by atoms with Crippen LogP contribution in [0.3, 0.4) is 0 Å². The predicted molar refractivity (Wildman–Crippen MR) is 51.9 cm³/mol. The van der Waals surface area contributed by atoms with Crippen molar-refractivity contribution in [3.8, 4) is 0 Å². The minimum atomic E-state index is -0.466. The standard InChI is InChI=1S/C11H13NO3/c13-10(12-3-4-15-11(12)14)9-6-7-1-2-8(9)5-7/h1-2,7-9H,3-6H2/t7-,8+,9+/m1/s1. The number of cyclic esters (lactones) is 1. The molecule has 0 unspecified atom stereocenters. The Morgan fingerprint density at radius 1 is 1.40 bits per heavy atom. The molecule has 0 spiro atoms. The van der Waals surface area contributed by atoms with Crippen LogP contribution < -0.4 is 0 Å². The van der Waals surface area contributed by atoms with E-state index in [1.165, 1.54) is 4.90 Å². The number of imide groups is 1. The maximum atomic E-state index is 12.0. The number of hydrogen-bond acceptors (Lipinski definition) is 3. The molecule has 2 bridgehead atoms. The smallest absolute Gasteiger partial charge is 0.416 e. The number of fused-ring (bicyclic) bond motifs is 2. The lowest BCUT2D eigenvalue weighted by Crippen LogP contribution is -2.38. The molecule has 80 valence electrons. The summed E-state index contributed by atoms with van der Waals surface area (Å²) in [5.74, 6) is 0.901. The van der Waals surface area contributed by atoms with Gasteiger partial charge in [-0.3, -0.25) is 4.79 Å². The van der Waals surface area contributed by atoms with Crippen molar-refractivity contribution in [3.63, 3.8) is 0 Å². The third-order valence-corrected chi connectivity index (χ3v) is 3.62. The van der Waals surface area contributed by atoms with Crippen LogP contribution >= 0.6 is 0 Å². The van der Waals surface area contributed by atoms with Gasteiger partial charge in [0.15, 0.2) is 0 Å². The summed E-state index contributed by atoms with van der Waals surface area (Å²) in [4.78, 5) is 24.5. The average Bonchev–Trinajstić information content (AvgIpc) is 2.91. The van der Waals surface area contributed by atoms with Gasteiger partial charge in [0.1, 0.15) is 6.61 Å². The Hall–Kier alpha value is -1.32. The molecule has 15 heavy (non-hydrogen) atoms. The number of carbonyl (C=O) groups excluding carboxylic acids is 2. The molecule has 2 fully saturated rings. The van der Waals surface area contributed by atoms with Crippen molar-refractivity contribution in [1.82, 2.24) is 4.90 Å². The zero-order valence-electron chi connectivity index (χ0n) is 8.39. The van der Waals surface area contributed by atoms with E-state index in [4.69, 9.17) is 4.74 Å². The van der Waals surface area contributed by atoms with Crippen molar-refractivity contribution in [2.45, 2.75) is 12.8 Å². The van der Waals surface area contributed by atoms with Crippen LogP contribution in [0, 0.1) is 17.8 Å². The van der Waals surface area contributed by atoms with Crippen molar-refractivity contribution < 1.29 is 14.3 Å². The molecule has 0 aromatic rings. The van der Waals surface area contributed by atoms with E-state index in [9.17, 15) is 9.59 Å². The Morgan fingerprint density at radius 2 is 2.27 bits per heavy atom. The van der Waals surface area contributed by atoms with Gasteiger partial charge in [0.05, 0.1) is 6.54 Å². The molecule has 2 aliphatic carbocycles. The summed E-state index contributed by atoms with van der Waals surface area (Å²) in [6.07, 6.45) is 5.84. The molecule has 3 rings (SSSR count). The molecule has 3 aliphatic rings. The SMILES string of the molecule is O=C1OCCN1C(=O)[C@H]1C[C@@H]2C=C[C@H]1C2. The average molecular weight is 207 g/mol. The Labute approximate surface area is 87.9 Å². The predicted octanol–water partition coefficient (Wildman–Crippen LogP) is 1.18. The quantitative estimate of drug-likeness (QED) is 0.606. The molecule has 1 heterocycles. The molecule has 0 N–H and O–H groups in total. The highest BCUT2D eigenvalue weighted by molar-refractivity contribution is 5.94. The molecular weight excluding hydrogens is 194 g/mol. The maximum absolute atomic E-state index is 12.0. The first-order chi connectivity index (χ1) is 7.25. The van der Waals surface area contributed by atoms with Crippen molar-refractivity contribution in [2.24, 2.45) is 17.8 Å². The third kappa shape index (κ3) is 1.28. The van der Waals surface area contributed by atoms with Crippen molar-refractivity contribution in [1.29, 1.82) is 0 Å². The fourth-order valence-electron chi connectivity index (χ4n) is 2.86. The summed E-state index contributed by atoms with van der Waals surface area (Å²) in [6.45, 7) is 0.774. The van der Waals surface area contributed by atoms with Crippen LogP contribution in [0.4, 0.5) is 4.79 Å². The van der Waals surface area contributed by atoms with Crippen LogP contribution in [-0.2, 0) is 9.53 Å². The van der Waals surface area contributed by atoms with Crippen LogP contribution in [0.1, 0.15) is 12.8 Å². The second kappa shape index (κ2) is 3.08. The number of ether oxygens (including phenoxy) is 1. The summed E-state index contributed by atoms with van der Waals surface area (Å²) in [7, 11) is 0. The highest BCUT2D eigenvalue weighted by Gasteiger charge is 2.43. The Bertz CT molecular complexity index is 350. The fraction of sp³-hybridized carbons (Fsp3) is 0.636. The van der Waals surface area contributed by atoms with E-state index in [0.717, 1.165) is 12.8 Å². The second-order valence-corrected chi connectivity index (χ2v) is 4.49. The highest BCUT2D eigenvalue weighted by atomic mass is 16.6. The van der Waals surface area contributed by atoms with E-state index in [1.54, 1.807) is 0 Å². The lowest BCUT2D eigenvalue weighted by Gasteiger charge is -2.20. The van der Waals surface area contributed by atoms with Crippen molar-refractivity contribution >= 4 is 12.0 Å². The summed E-state index contributed by atoms with van der Waals surface area (Å²) in [5.41, 5.74) is 0. The Kier molecular flexibility index (Phi) is 1.84. The van der Waals surface area contributed by atoms with Gasteiger partial charge in [-0.15, -0.1) is 0 Å². The number of rotatable bonds is 1. The summed E-state index contributed by atoms with van der Waals surface area (Å²) >= 11 is 0. The molecule has 0 radical (unpaired) electrons. The molecule has 1 saturated heterocycles. The molecular formula is C11H13NO3. The van der Waals surface area contributed by atoms with Gasteiger partial charge in [-0.2, -0.15) is 0 Å². The van der Waals surface area contributed by atoms with Gasteiger partial charge in [0.25, 0.3) is 0 Å². The maximum Gasteiger partial charge on any atom is 0.416 e. The number of nitrogens with zero attached hydrogens (tertiary/aromatic N) is 1. The van der Waals surface area contributed by atoms with Gasteiger partial charge in [-0.25, -0.2) is 9.69 Å². The molecule has 2 amide bonds. The lowest BCUT2D eigenvalue weighted by molar-refractivity contribution is -0.132. The molecule has 3 atom stereocenters. The second-order valence-electron chi connectivity index (χ2n) is 4.49. The topological polar surface area (TPSA) is 46.6 Å².